The predicted octanol–water partition coefficient (Wildman–Crippen LogP) is 2.00. The van der Waals surface area contributed by atoms with Gasteiger partial charge in [0.2, 0.25) is 17.7 Å². The molecule has 3 rings (SSSR count). The molecule has 2 saturated heterocycles. The minimum atomic E-state index is -0.860. The molecule has 2 aliphatic heterocycles. The maximum Gasteiger partial charge on any atom is 0.246 e. The van der Waals surface area contributed by atoms with E-state index in [9.17, 15) is 14.4 Å². The summed E-state index contributed by atoms with van der Waals surface area (Å²) in [6, 6.07) is 8.96. The standard InChI is InChI=1S/C23H33N3O4/c1-22(2,3)21(29)26-17-10-12-23(26,13-11-17)20(28)25-18(19(27)24-4)15-30-14-16-8-6-5-7-9-16/h5-9,17-18H,10-15H2,1-4H3,(H,24,27)(H,25,28)/t17?,18-,23?/m0/s1. The molecule has 7 nitrogen and oxygen atoms in total. The van der Waals surface area contributed by atoms with Gasteiger partial charge in [0.1, 0.15) is 11.6 Å². The first-order valence-electron chi connectivity index (χ1n) is 10.7. The Balaban J connectivity index is 1.70. The van der Waals surface area contributed by atoms with Crippen molar-refractivity contribution < 1.29 is 19.1 Å². The van der Waals surface area contributed by atoms with Gasteiger partial charge in [-0.15, -0.1) is 0 Å². The molecule has 2 N–H and O–H groups in total. The Hall–Kier alpha value is -2.41. The average Bonchev–Trinajstić information content (AvgIpc) is 3.28. The minimum absolute atomic E-state index is 0.00512. The Morgan fingerprint density at radius 3 is 2.37 bits per heavy atom. The quantitative estimate of drug-likeness (QED) is 0.713. The molecule has 0 radical (unpaired) electrons. The van der Waals surface area contributed by atoms with Crippen molar-refractivity contribution in [2.75, 3.05) is 13.7 Å². The molecular weight excluding hydrogens is 382 g/mol. The van der Waals surface area contributed by atoms with Gasteiger partial charge in [0, 0.05) is 18.5 Å². The third-order valence-electron chi connectivity index (χ3n) is 6.16. The lowest BCUT2D eigenvalue weighted by molar-refractivity contribution is -0.150. The van der Waals surface area contributed by atoms with E-state index >= 15 is 0 Å². The molecular formula is C23H33N3O4. The molecule has 164 valence electrons. The number of likely N-dealkylation sites (N-methyl/N-ethyl adjacent to an activating group) is 1. The van der Waals surface area contributed by atoms with Gasteiger partial charge in [0.05, 0.1) is 13.2 Å². The van der Waals surface area contributed by atoms with Gasteiger partial charge in [-0.1, -0.05) is 51.1 Å². The van der Waals surface area contributed by atoms with Crippen LogP contribution in [0.3, 0.4) is 0 Å². The number of ether oxygens (including phenoxy) is 1. The van der Waals surface area contributed by atoms with Crippen molar-refractivity contribution in [3.05, 3.63) is 35.9 Å². The van der Waals surface area contributed by atoms with Crippen LogP contribution in [0.15, 0.2) is 30.3 Å². The normalized spacial score (nSPS) is 23.9. The molecule has 1 aromatic rings. The number of rotatable bonds is 7. The van der Waals surface area contributed by atoms with E-state index in [1.54, 1.807) is 4.90 Å². The number of carbonyl (C=O) groups excluding carboxylic acids is 3. The van der Waals surface area contributed by atoms with Gasteiger partial charge >= 0.3 is 0 Å². The number of fused-ring (bicyclic) bond motifs is 2. The van der Waals surface area contributed by atoms with E-state index in [1.165, 1.54) is 7.05 Å². The molecule has 1 aromatic carbocycles. The number of hydrogen-bond acceptors (Lipinski definition) is 4. The van der Waals surface area contributed by atoms with Crippen LogP contribution >= 0.6 is 0 Å². The van der Waals surface area contributed by atoms with Crippen LogP contribution in [0.25, 0.3) is 0 Å². The van der Waals surface area contributed by atoms with Gasteiger partial charge in [-0.2, -0.15) is 0 Å². The van der Waals surface area contributed by atoms with Crippen LogP contribution in [0.4, 0.5) is 0 Å². The fourth-order valence-corrected chi connectivity index (χ4v) is 4.51. The van der Waals surface area contributed by atoms with Crippen LogP contribution in [0.1, 0.15) is 52.0 Å². The van der Waals surface area contributed by atoms with E-state index < -0.39 is 17.0 Å². The van der Waals surface area contributed by atoms with Gasteiger partial charge in [-0.25, -0.2) is 0 Å². The fraction of sp³-hybridized carbons (Fsp3) is 0.609. The molecule has 0 aromatic heterocycles. The molecule has 0 saturated carbocycles. The highest BCUT2D eigenvalue weighted by Gasteiger charge is 2.59. The molecule has 0 unspecified atom stereocenters. The maximum atomic E-state index is 13.4. The SMILES string of the molecule is CNC(=O)[C@H](COCc1ccccc1)NC(=O)C12CCC(CC1)N2C(=O)C(C)(C)C. The summed E-state index contributed by atoms with van der Waals surface area (Å²) >= 11 is 0. The first-order chi connectivity index (χ1) is 14.2. The van der Waals surface area contributed by atoms with Gasteiger partial charge in [-0.05, 0) is 31.2 Å². The monoisotopic (exact) mass is 415 g/mol. The molecule has 2 aliphatic rings. The second kappa shape index (κ2) is 8.76. The third-order valence-corrected chi connectivity index (χ3v) is 6.16. The molecule has 2 bridgehead atoms. The van der Waals surface area contributed by atoms with E-state index in [0.717, 1.165) is 18.4 Å². The minimum Gasteiger partial charge on any atom is -0.374 e. The highest BCUT2D eigenvalue weighted by Crippen LogP contribution is 2.48. The average molecular weight is 416 g/mol. The molecule has 30 heavy (non-hydrogen) atoms. The van der Waals surface area contributed by atoms with E-state index in [1.807, 2.05) is 51.1 Å². The molecule has 3 amide bonds. The Morgan fingerprint density at radius 1 is 1.17 bits per heavy atom. The second-order valence-electron chi connectivity index (χ2n) is 9.33. The second-order valence-corrected chi connectivity index (χ2v) is 9.33. The number of benzene rings is 1. The van der Waals surface area contributed by atoms with Crippen molar-refractivity contribution in [2.45, 2.75) is 70.7 Å². The van der Waals surface area contributed by atoms with E-state index in [-0.39, 0.29) is 30.4 Å². The zero-order valence-electron chi connectivity index (χ0n) is 18.4. The van der Waals surface area contributed by atoms with Crippen LogP contribution < -0.4 is 10.6 Å². The lowest BCUT2D eigenvalue weighted by Crippen LogP contribution is -2.61. The summed E-state index contributed by atoms with van der Waals surface area (Å²) in [4.78, 5) is 40.7. The Labute approximate surface area is 178 Å². The molecule has 7 heteroatoms. The molecule has 0 aliphatic carbocycles. The molecule has 2 fully saturated rings. The Morgan fingerprint density at radius 2 is 1.80 bits per heavy atom. The highest BCUT2D eigenvalue weighted by atomic mass is 16.5. The number of nitrogens with one attached hydrogen (secondary N) is 2. The van der Waals surface area contributed by atoms with Crippen LogP contribution in [0.5, 0.6) is 0 Å². The maximum absolute atomic E-state index is 13.4. The van der Waals surface area contributed by atoms with Crippen molar-refractivity contribution in [1.29, 1.82) is 0 Å². The summed E-state index contributed by atoms with van der Waals surface area (Å²) in [6.07, 6.45) is 2.92. The lowest BCUT2D eigenvalue weighted by Gasteiger charge is -2.38. The van der Waals surface area contributed by atoms with Crippen LogP contribution in [0, 0.1) is 5.41 Å². The summed E-state index contributed by atoms with van der Waals surface area (Å²) in [5.41, 5.74) is -0.424. The van der Waals surface area contributed by atoms with Gasteiger partial charge in [-0.3, -0.25) is 14.4 Å². The van der Waals surface area contributed by atoms with Crippen LogP contribution in [0.2, 0.25) is 0 Å². The zero-order valence-corrected chi connectivity index (χ0v) is 18.4. The summed E-state index contributed by atoms with van der Waals surface area (Å²) in [6.45, 7) is 6.05. The van der Waals surface area contributed by atoms with Crippen LogP contribution in [-0.2, 0) is 25.7 Å². The van der Waals surface area contributed by atoms with Gasteiger partial charge in [0.25, 0.3) is 0 Å². The zero-order chi connectivity index (χ0) is 21.9. The van der Waals surface area contributed by atoms with Crippen molar-refractivity contribution in [1.82, 2.24) is 15.5 Å². The number of amides is 3. The van der Waals surface area contributed by atoms with E-state index in [2.05, 4.69) is 10.6 Å². The van der Waals surface area contributed by atoms with Gasteiger partial charge < -0.3 is 20.3 Å². The molecule has 0 spiro atoms. The third kappa shape index (κ3) is 4.36. The number of carbonyl (C=O) groups is 3. The summed E-state index contributed by atoms with van der Waals surface area (Å²) in [5.74, 6) is -0.569. The summed E-state index contributed by atoms with van der Waals surface area (Å²) in [5, 5.41) is 5.48. The van der Waals surface area contributed by atoms with E-state index in [4.69, 9.17) is 4.74 Å². The first-order valence-corrected chi connectivity index (χ1v) is 10.7. The highest BCUT2D eigenvalue weighted by molar-refractivity contribution is 5.97. The lowest BCUT2D eigenvalue weighted by atomic mass is 9.85. The first kappa shape index (κ1) is 22.3. The van der Waals surface area contributed by atoms with E-state index in [0.29, 0.717) is 19.4 Å². The van der Waals surface area contributed by atoms with Crippen molar-refractivity contribution in [3.8, 4) is 0 Å². The van der Waals surface area contributed by atoms with Crippen LogP contribution in [-0.4, -0.2) is 53.9 Å². The Bertz CT molecular complexity index is 779. The summed E-state index contributed by atoms with van der Waals surface area (Å²) in [7, 11) is 1.54. The molecule has 1 atom stereocenters. The fourth-order valence-electron chi connectivity index (χ4n) is 4.51. The van der Waals surface area contributed by atoms with Crippen molar-refractivity contribution >= 4 is 17.7 Å². The Kier molecular flexibility index (Phi) is 6.50. The largest absolute Gasteiger partial charge is 0.374 e. The topological polar surface area (TPSA) is 87.7 Å². The molecule has 2 heterocycles. The van der Waals surface area contributed by atoms with Crippen molar-refractivity contribution in [2.24, 2.45) is 5.41 Å². The number of nitrogens with zero attached hydrogens (tertiary/aromatic N) is 1. The van der Waals surface area contributed by atoms with Crippen molar-refractivity contribution in [3.63, 3.8) is 0 Å². The predicted molar refractivity (Wildman–Crippen MR) is 113 cm³/mol. The number of hydrogen-bond donors (Lipinski definition) is 2. The summed E-state index contributed by atoms with van der Waals surface area (Å²) < 4.78 is 5.72. The smallest absolute Gasteiger partial charge is 0.246 e. The van der Waals surface area contributed by atoms with Gasteiger partial charge in [0.15, 0.2) is 0 Å².